The maximum absolute atomic E-state index is 13.2. The van der Waals surface area contributed by atoms with E-state index in [-0.39, 0.29) is 23.8 Å². The molecule has 1 unspecified atom stereocenters. The number of fused-ring (bicyclic) bond motifs is 4. The van der Waals surface area contributed by atoms with Gasteiger partial charge in [-0.05, 0) is 18.1 Å². The predicted molar refractivity (Wildman–Crippen MR) is 105 cm³/mol. The van der Waals surface area contributed by atoms with Crippen LogP contribution in [0.2, 0.25) is 0 Å². The first-order chi connectivity index (χ1) is 13.6. The van der Waals surface area contributed by atoms with Crippen LogP contribution in [0.1, 0.15) is 31.7 Å². The van der Waals surface area contributed by atoms with E-state index in [0.717, 1.165) is 43.6 Å². The normalized spacial score (nSPS) is 34.0. The largest absolute Gasteiger partial charge is 0.504 e. The molecule has 3 aliphatic rings. The van der Waals surface area contributed by atoms with Crippen LogP contribution in [-0.4, -0.2) is 45.2 Å². The van der Waals surface area contributed by atoms with Crippen LogP contribution in [0.15, 0.2) is 36.1 Å². The molecular weight excluding hydrogens is 356 g/mol. The van der Waals surface area contributed by atoms with Crippen LogP contribution in [0.5, 0.6) is 0 Å². The number of carbonyl (C=O) groups is 2. The minimum atomic E-state index is -0.503. The molecule has 0 aliphatic carbocycles. The van der Waals surface area contributed by atoms with E-state index in [2.05, 4.69) is 18.3 Å². The number of methoxy groups -OCH3 is 2. The summed E-state index contributed by atoms with van der Waals surface area (Å²) in [5, 5.41) is 3.11. The minimum Gasteiger partial charge on any atom is -0.504 e. The number of hydrogen-bond donors (Lipinski definition) is 2. The third-order valence-electron chi connectivity index (χ3n) is 7.16. The topological polar surface area (TPSA) is 69.1 Å². The summed E-state index contributed by atoms with van der Waals surface area (Å²) in [6.07, 6.45) is 4.14. The number of rotatable bonds is 4. The van der Waals surface area contributed by atoms with Crippen LogP contribution >= 0.6 is 0 Å². The van der Waals surface area contributed by atoms with Gasteiger partial charge in [-0.3, -0.25) is 4.79 Å². The van der Waals surface area contributed by atoms with Crippen molar-refractivity contribution in [1.82, 2.24) is 0 Å². The number of para-hydroxylation sites is 1. The Balaban J connectivity index is 1.74. The zero-order valence-electron chi connectivity index (χ0n) is 16.8. The molecule has 4 rings (SSSR count). The number of hydrogen-bond acceptors (Lipinski definition) is 4. The summed E-state index contributed by atoms with van der Waals surface area (Å²) in [5.74, 6) is 0.165. The van der Waals surface area contributed by atoms with Crippen molar-refractivity contribution in [3.63, 3.8) is 0 Å². The molecule has 2 saturated heterocycles. The number of benzene rings is 1. The maximum atomic E-state index is 13.2. The second-order valence-corrected chi connectivity index (χ2v) is 8.20. The van der Waals surface area contributed by atoms with E-state index >= 15 is 0 Å². The number of esters is 1. The summed E-state index contributed by atoms with van der Waals surface area (Å²) in [5.41, 5.74) is 2.13. The smallest absolute Gasteiger partial charge is 0.337 e. The molecule has 0 bridgehead atoms. The maximum Gasteiger partial charge on any atom is 0.337 e. The highest BCUT2D eigenvalue weighted by Gasteiger charge is 2.63. The van der Waals surface area contributed by atoms with Gasteiger partial charge >= 0.3 is 5.97 Å². The Bertz CT molecular complexity index is 821. The van der Waals surface area contributed by atoms with Crippen molar-refractivity contribution in [2.24, 2.45) is 11.8 Å². The third kappa shape index (κ3) is 2.65. The van der Waals surface area contributed by atoms with Crippen LogP contribution < -0.4 is 10.2 Å². The minimum absolute atomic E-state index is 0.0293. The fraction of sp³-hybridized carbons (Fsp3) is 0.545. The van der Waals surface area contributed by atoms with E-state index in [0.29, 0.717) is 11.5 Å². The highest BCUT2D eigenvalue weighted by Crippen LogP contribution is 2.47. The summed E-state index contributed by atoms with van der Waals surface area (Å²) in [6, 6.07) is 8.20. The van der Waals surface area contributed by atoms with E-state index in [4.69, 9.17) is 9.47 Å². The zero-order valence-corrected chi connectivity index (χ0v) is 16.8. The molecule has 6 nitrogen and oxygen atoms in total. The molecule has 3 aliphatic heterocycles. The zero-order chi connectivity index (χ0) is 19.9. The van der Waals surface area contributed by atoms with Crippen molar-refractivity contribution < 1.29 is 24.0 Å². The van der Waals surface area contributed by atoms with E-state index in [1.54, 1.807) is 7.11 Å². The predicted octanol–water partition coefficient (Wildman–Crippen LogP) is 1.28. The first kappa shape index (κ1) is 19.0. The van der Waals surface area contributed by atoms with Gasteiger partial charge in [-0.25, -0.2) is 4.79 Å². The lowest BCUT2D eigenvalue weighted by atomic mass is 9.67. The number of anilines is 1. The number of quaternary nitrogens is 1. The number of carbonyl (C=O) groups excluding carboxylic acids is 2. The SMILES string of the molecule is CC[C@H]1C[NH+]2CC[C@]3(C(=O)Nc4ccccc43)[C@@H]2C[C@@H]1C(=COC)C(=O)OC. The molecule has 1 aromatic carbocycles. The summed E-state index contributed by atoms with van der Waals surface area (Å²) >= 11 is 0. The van der Waals surface area contributed by atoms with Gasteiger partial charge in [-0.2, -0.15) is 0 Å². The molecule has 28 heavy (non-hydrogen) atoms. The monoisotopic (exact) mass is 385 g/mol. The Morgan fingerprint density at radius 2 is 2.14 bits per heavy atom. The molecule has 1 amide bonds. The highest BCUT2D eigenvalue weighted by molar-refractivity contribution is 6.07. The van der Waals surface area contributed by atoms with Gasteiger partial charge in [0.25, 0.3) is 0 Å². The molecule has 0 aromatic heterocycles. The Kier molecular flexibility index (Phi) is 4.91. The first-order valence-corrected chi connectivity index (χ1v) is 10.1. The highest BCUT2D eigenvalue weighted by atomic mass is 16.5. The lowest BCUT2D eigenvalue weighted by molar-refractivity contribution is -0.924. The van der Waals surface area contributed by atoms with Crippen molar-refractivity contribution in [3.8, 4) is 0 Å². The third-order valence-corrected chi connectivity index (χ3v) is 7.16. The fourth-order valence-electron chi connectivity index (χ4n) is 5.87. The number of piperidine rings is 1. The van der Waals surface area contributed by atoms with Crippen LogP contribution in [-0.2, 0) is 24.5 Å². The molecule has 2 fully saturated rings. The molecular formula is C22H29N2O4+. The Labute approximate surface area is 165 Å². The van der Waals surface area contributed by atoms with E-state index in [9.17, 15) is 9.59 Å². The summed E-state index contributed by atoms with van der Waals surface area (Å²) in [4.78, 5) is 27.2. The van der Waals surface area contributed by atoms with E-state index in [1.807, 2.05) is 18.2 Å². The van der Waals surface area contributed by atoms with E-state index < -0.39 is 5.41 Å². The summed E-state index contributed by atoms with van der Waals surface area (Å²) < 4.78 is 10.3. The van der Waals surface area contributed by atoms with Crippen LogP contribution in [0.4, 0.5) is 5.69 Å². The van der Waals surface area contributed by atoms with Gasteiger partial charge in [-0.1, -0.05) is 25.1 Å². The van der Waals surface area contributed by atoms with Gasteiger partial charge in [0.1, 0.15) is 11.5 Å². The molecule has 3 heterocycles. The van der Waals surface area contributed by atoms with Crippen LogP contribution in [0.25, 0.3) is 0 Å². The number of ether oxygens (including phenoxy) is 2. The molecule has 150 valence electrons. The molecule has 0 radical (unpaired) electrons. The number of amides is 1. The summed E-state index contributed by atoms with van der Waals surface area (Å²) in [6.45, 7) is 4.11. The molecule has 0 saturated carbocycles. The Morgan fingerprint density at radius 1 is 1.36 bits per heavy atom. The van der Waals surface area contributed by atoms with Gasteiger partial charge < -0.3 is 19.7 Å². The van der Waals surface area contributed by atoms with Crippen molar-refractivity contribution in [2.75, 3.05) is 32.6 Å². The standard InChI is InChI=1S/C22H28N2O4/c1-4-14-12-24-10-9-22(17-7-5-6-8-18(17)23-21(22)26)19(24)11-15(14)16(13-27-2)20(25)28-3/h5-8,13-15,19H,4,9-12H2,1-3H3,(H,23,26)/p+1/t14-,15-,19-,22+/m0/s1. The fourth-order valence-corrected chi connectivity index (χ4v) is 5.87. The van der Waals surface area contributed by atoms with Gasteiger partial charge in [-0.15, -0.1) is 0 Å². The molecule has 5 atom stereocenters. The summed E-state index contributed by atoms with van der Waals surface area (Å²) in [7, 11) is 2.97. The second kappa shape index (κ2) is 7.24. The van der Waals surface area contributed by atoms with Crippen LogP contribution in [0.3, 0.4) is 0 Å². The van der Waals surface area contributed by atoms with Crippen molar-refractivity contribution >= 4 is 17.6 Å². The average Bonchev–Trinajstić information content (AvgIpc) is 3.23. The van der Waals surface area contributed by atoms with Gasteiger partial charge in [0.15, 0.2) is 0 Å². The van der Waals surface area contributed by atoms with Crippen molar-refractivity contribution in [3.05, 3.63) is 41.7 Å². The number of nitrogens with one attached hydrogen (secondary N) is 2. The quantitative estimate of drug-likeness (QED) is 0.466. The van der Waals surface area contributed by atoms with Gasteiger partial charge in [0.05, 0.1) is 39.1 Å². The van der Waals surface area contributed by atoms with E-state index in [1.165, 1.54) is 18.3 Å². The average molecular weight is 385 g/mol. The molecule has 2 N–H and O–H groups in total. The molecule has 1 aromatic rings. The van der Waals surface area contributed by atoms with Gasteiger partial charge in [0.2, 0.25) is 5.91 Å². The lowest BCUT2D eigenvalue weighted by Crippen LogP contribution is -3.16. The Morgan fingerprint density at radius 3 is 2.86 bits per heavy atom. The van der Waals surface area contributed by atoms with Crippen molar-refractivity contribution in [2.45, 2.75) is 37.6 Å². The second-order valence-electron chi connectivity index (χ2n) is 8.20. The van der Waals surface area contributed by atoms with Crippen LogP contribution in [0, 0.1) is 11.8 Å². The molecule has 6 heteroatoms. The molecule has 1 spiro atoms. The Hall–Kier alpha value is -2.34. The van der Waals surface area contributed by atoms with Gasteiger partial charge in [0, 0.05) is 30.4 Å². The van der Waals surface area contributed by atoms with Crippen molar-refractivity contribution in [1.29, 1.82) is 0 Å². The lowest BCUT2D eigenvalue weighted by Gasteiger charge is -2.42. The first-order valence-electron chi connectivity index (χ1n) is 10.1.